The summed E-state index contributed by atoms with van der Waals surface area (Å²) in [5.41, 5.74) is -0.433. The summed E-state index contributed by atoms with van der Waals surface area (Å²) in [6.45, 7) is 11.5. The molecule has 29 heavy (non-hydrogen) atoms. The third-order valence-electron chi connectivity index (χ3n) is 9.33. The van der Waals surface area contributed by atoms with Crippen LogP contribution in [0, 0.1) is 34.0 Å². The van der Waals surface area contributed by atoms with Gasteiger partial charge in [-0.05, 0) is 62.7 Å². The SMILES string of the molecule is C/C=C/C[C@]1(C)C[C@@H](OCOC)[C@@]2(C)C3C(OC)CCC3(CC[C@H]2C)[C@@H](C)C1=O. The van der Waals surface area contributed by atoms with Crippen LogP contribution >= 0.6 is 0 Å². The number of ether oxygens (including phenoxy) is 3. The molecule has 0 saturated heterocycles. The van der Waals surface area contributed by atoms with Crippen LogP contribution in [0.25, 0.3) is 0 Å². The zero-order valence-electron chi connectivity index (χ0n) is 19.6. The van der Waals surface area contributed by atoms with Crippen LogP contribution in [-0.4, -0.2) is 39.0 Å². The second-order valence-electron chi connectivity index (χ2n) is 10.5. The summed E-state index contributed by atoms with van der Waals surface area (Å²) in [5, 5.41) is 0. The fourth-order valence-electron chi connectivity index (χ4n) is 7.44. The highest BCUT2D eigenvalue weighted by Gasteiger charge is 2.68. The number of carbonyl (C=O) groups is 1. The van der Waals surface area contributed by atoms with Gasteiger partial charge < -0.3 is 14.2 Å². The molecule has 0 amide bonds. The van der Waals surface area contributed by atoms with Crippen LogP contribution in [-0.2, 0) is 19.0 Å². The Labute approximate surface area is 177 Å². The van der Waals surface area contributed by atoms with Gasteiger partial charge in [0.2, 0.25) is 0 Å². The van der Waals surface area contributed by atoms with Gasteiger partial charge in [0.15, 0.2) is 0 Å². The predicted octanol–water partition coefficient (Wildman–Crippen LogP) is 5.40. The van der Waals surface area contributed by atoms with E-state index >= 15 is 0 Å². The van der Waals surface area contributed by atoms with E-state index in [-0.39, 0.29) is 35.7 Å². The first-order valence-corrected chi connectivity index (χ1v) is 11.5. The van der Waals surface area contributed by atoms with Gasteiger partial charge in [0.05, 0.1) is 12.2 Å². The topological polar surface area (TPSA) is 44.8 Å². The predicted molar refractivity (Wildman–Crippen MR) is 116 cm³/mol. The Hall–Kier alpha value is -0.710. The van der Waals surface area contributed by atoms with Crippen LogP contribution in [0.2, 0.25) is 0 Å². The van der Waals surface area contributed by atoms with Gasteiger partial charge in [-0.15, -0.1) is 0 Å². The van der Waals surface area contributed by atoms with Gasteiger partial charge in [-0.3, -0.25) is 4.79 Å². The molecule has 3 saturated carbocycles. The molecule has 4 nitrogen and oxygen atoms in total. The standard InChI is InChI=1S/C25H42O4/c1-8-9-12-23(4)15-20(29-16-27-6)24(5)17(2)10-13-25(18(3)22(23)26)14-11-19(28-7)21(24)25/h8-9,17-21H,10-16H2,1-7H3/b9-8+/t17-,18+,19?,20-,21?,23-,24+,25?/m1/s1. The monoisotopic (exact) mass is 406 g/mol. The van der Waals surface area contributed by atoms with Crippen LogP contribution in [0.1, 0.15) is 73.1 Å². The fourth-order valence-corrected chi connectivity index (χ4v) is 7.44. The van der Waals surface area contributed by atoms with Crippen molar-refractivity contribution in [2.45, 2.75) is 85.4 Å². The summed E-state index contributed by atoms with van der Waals surface area (Å²) in [5.74, 6) is 1.33. The molecule has 3 aliphatic rings. The molecular weight excluding hydrogens is 364 g/mol. The third kappa shape index (κ3) is 3.43. The minimum Gasteiger partial charge on any atom is -0.381 e. The molecule has 0 aliphatic heterocycles. The van der Waals surface area contributed by atoms with Gasteiger partial charge in [-0.25, -0.2) is 0 Å². The van der Waals surface area contributed by atoms with Crippen molar-refractivity contribution in [2.75, 3.05) is 21.0 Å². The van der Waals surface area contributed by atoms with E-state index in [1.54, 1.807) is 7.11 Å². The molecule has 3 fully saturated rings. The zero-order valence-corrected chi connectivity index (χ0v) is 19.6. The number of hydrogen-bond acceptors (Lipinski definition) is 4. The Kier molecular flexibility index (Phi) is 6.68. The second-order valence-corrected chi connectivity index (χ2v) is 10.5. The quantitative estimate of drug-likeness (QED) is 0.437. The first kappa shape index (κ1) is 23.0. The van der Waals surface area contributed by atoms with Gasteiger partial charge >= 0.3 is 0 Å². The first-order valence-electron chi connectivity index (χ1n) is 11.5. The molecule has 0 aromatic carbocycles. The van der Waals surface area contributed by atoms with E-state index in [0.717, 1.165) is 38.5 Å². The molecular formula is C25H42O4. The summed E-state index contributed by atoms with van der Waals surface area (Å²) in [7, 11) is 3.53. The van der Waals surface area contributed by atoms with Crippen molar-refractivity contribution in [1.82, 2.24) is 0 Å². The van der Waals surface area contributed by atoms with E-state index in [1.807, 2.05) is 14.0 Å². The molecule has 0 spiro atoms. The van der Waals surface area contributed by atoms with E-state index in [4.69, 9.17) is 14.2 Å². The van der Waals surface area contributed by atoms with Crippen molar-refractivity contribution in [2.24, 2.45) is 34.0 Å². The Balaban J connectivity index is 2.17. The maximum Gasteiger partial charge on any atom is 0.146 e. The number of Topliss-reactive ketones (excluding diaryl/α,β-unsaturated/α-hetero) is 1. The maximum absolute atomic E-state index is 14.0. The van der Waals surface area contributed by atoms with Crippen LogP contribution in [0.5, 0.6) is 0 Å². The molecule has 166 valence electrons. The van der Waals surface area contributed by atoms with Crippen molar-refractivity contribution in [1.29, 1.82) is 0 Å². The van der Waals surface area contributed by atoms with Crippen LogP contribution in [0.3, 0.4) is 0 Å². The minimum atomic E-state index is -0.411. The molecule has 3 aliphatic carbocycles. The second kappa shape index (κ2) is 8.43. The van der Waals surface area contributed by atoms with Crippen LogP contribution in [0.15, 0.2) is 12.2 Å². The zero-order chi connectivity index (χ0) is 21.4. The smallest absolute Gasteiger partial charge is 0.146 e. The summed E-state index contributed by atoms with van der Waals surface area (Å²) in [6, 6.07) is 0. The molecule has 8 atom stereocenters. The van der Waals surface area contributed by atoms with Gasteiger partial charge in [0.1, 0.15) is 12.6 Å². The normalized spacial score (nSPS) is 47.8. The van der Waals surface area contributed by atoms with Gasteiger partial charge in [-0.2, -0.15) is 0 Å². The number of carbonyl (C=O) groups excluding carboxylic acids is 1. The lowest BCUT2D eigenvalue weighted by molar-refractivity contribution is -0.219. The molecule has 3 rings (SSSR count). The highest BCUT2D eigenvalue weighted by atomic mass is 16.7. The Morgan fingerprint density at radius 1 is 1.14 bits per heavy atom. The van der Waals surface area contributed by atoms with E-state index in [2.05, 4.69) is 39.8 Å². The minimum absolute atomic E-state index is 0.0192. The Morgan fingerprint density at radius 3 is 2.45 bits per heavy atom. The maximum atomic E-state index is 14.0. The number of rotatable bonds is 6. The van der Waals surface area contributed by atoms with Gasteiger partial charge in [0, 0.05) is 31.0 Å². The largest absolute Gasteiger partial charge is 0.381 e. The van der Waals surface area contributed by atoms with Crippen LogP contribution < -0.4 is 0 Å². The average Bonchev–Trinajstić information content (AvgIpc) is 3.11. The van der Waals surface area contributed by atoms with Crippen molar-refractivity contribution in [3.05, 3.63) is 12.2 Å². The van der Waals surface area contributed by atoms with Gasteiger partial charge in [-0.1, -0.05) is 39.8 Å². The number of methoxy groups -OCH3 is 2. The fraction of sp³-hybridized carbons (Fsp3) is 0.880. The lowest BCUT2D eigenvalue weighted by Gasteiger charge is -2.62. The molecule has 0 heterocycles. The van der Waals surface area contributed by atoms with E-state index in [0.29, 0.717) is 17.6 Å². The highest BCUT2D eigenvalue weighted by molar-refractivity contribution is 5.87. The summed E-state index contributed by atoms with van der Waals surface area (Å²) < 4.78 is 17.8. The van der Waals surface area contributed by atoms with Crippen molar-refractivity contribution >= 4 is 5.78 Å². The van der Waals surface area contributed by atoms with Gasteiger partial charge in [0.25, 0.3) is 0 Å². The van der Waals surface area contributed by atoms with Crippen LogP contribution in [0.4, 0.5) is 0 Å². The Bertz CT molecular complexity index is 630. The lowest BCUT2D eigenvalue weighted by Crippen LogP contribution is -2.62. The van der Waals surface area contributed by atoms with Crippen molar-refractivity contribution < 1.29 is 19.0 Å². The summed E-state index contributed by atoms with van der Waals surface area (Å²) in [4.78, 5) is 14.0. The van der Waals surface area contributed by atoms with E-state index in [9.17, 15) is 4.79 Å². The molecule has 0 N–H and O–H groups in total. The molecule has 0 aromatic rings. The van der Waals surface area contributed by atoms with E-state index in [1.165, 1.54) is 0 Å². The molecule has 3 unspecified atom stereocenters. The first-order chi connectivity index (χ1) is 13.7. The number of allylic oxidation sites excluding steroid dienone is 2. The lowest BCUT2D eigenvalue weighted by atomic mass is 9.43. The number of ketones is 1. The number of hydrogen-bond donors (Lipinski definition) is 0. The average molecular weight is 407 g/mol. The van der Waals surface area contributed by atoms with Crippen molar-refractivity contribution in [3.8, 4) is 0 Å². The van der Waals surface area contributed by atoms with Crippen molar-refractivity contribution in [3.63, 3.8) is 0 Å². The third-order valence-corrected chi connectivity index (χ3v) is 9.33. The summed E-state index contributed by atoms with van der Waals surface area (Å²) >= 11 is 0. The molecule has 4 heteroatoms. The molecule has 0 aromatic heterocycles. The Morgan fingerprint density at radius 2 is 1.83 bits per heavy atom. The highest BCUT2D eigenvalue weighted by Crippen LogP contribution is 2.68. The molecule has 2 bridgehead atoms. The van der Waals surface area contributed by atoms with E-state index < -0.39 is 5.41 Å². The molecule has 0 radical (unpaired) electrons. The summed E-state index contributed by atoms with van der Waals surface area (Å²) in [6.07, 6.45) is 10.3.